The van der Waals surface area contributed by atoms with Gasteiger partial charge in [0, 0.05) is 6.20 Å². The quantitative estimate of drug-likeness (QED) is 0.689. The Bertz CT molecular complexity index is 586. The van der Waals surface area contributed by atoms with Crippen LogP contribution in [0.4, 0.5) is 0 Å². The number of oxazole rings is 1. The van der Waals surface area contributed by atoms with Gasteiger partial charge in [-0.1, -0.05) is 30.3 Å². The fraction of sp³-hybridized carbons (Fsp3) is 0.0769. The number of fused-ring (bicyclic) bond motifs is 1. The third-order valence-electron chi connectivity index (χ3n) is 2.35. The Morgan fingerprint density at radius 2 is 1.94 bits per heavy atom. The van der Waals surface area contributed by atoms with Crippen molar-refractivity contribution in [2.24, 2.45) is 0 Å². The number of hydrogen-bond acceptors (Lipinski definition) is 4. The van der Waals surface area contributed by atoms with E-state index >= 15 is 0 Å². The minimum Gasteiger partial charge on any atom is -0.445 e. The van der Waals surface area contributed by atoms with Crippen LogP contribution >= 0.6 is 0 Å². The summed E-state index contributed by atoms with van der Waals surface area (Å²) >= 11 is 0. The van der Waals surface area contributed by atoms with E-state index in [4.69, 9.17) is 9.15 Å². The summed E-state index contributed by atoms with van der Waals surface area (Å²) in [7, 11) is 0. The summed E-state index contributed by atoms with van der Waals surface area (Å²) in [5.74, 6) is 0. The van der Waals surface area contributed by atoms with Crippen LogP contribution in [0.15, 0.2) is 53.1 Å². The van der Waals surface area contributed by atoms with Gasteiger partial charge in [-0.15, -0.1) is 0 Å². The van der Waals surface area contributed by atoms with Crippen molar-refractivity contribution in [1.29, 1.82) is 0 Å². The van der Waals surface area contributed by atoms with Crippen LogP contribution in [0.5, 0.6) is 6.08 Å². The van der Waals surface area contributed by atoms with E-state index in [2.05, 4.69) is 9.97 Å². The van der Waals surface area contributed by atoms with Gasteiger partial charge >= 0.3 is 6.08 Å². The highest BCUT2D eigenvalue weighted by Gasteiger charge is 2.06. The molecule has 0 N–H and O–H groups in total. The van der Waals surface area contributed by atoms with Gasteiger partial charge in [-0.2, -0.15) is 4.98 Å². The molecule has 0 saturated heterocycles. The van der Waals surface area contributed by atoms with Crippen molar-refractivity contribution in [2.75, 3.05) is 0 Å². The van der Waals surface area contributed by atoms with Crippen molar-refractivity contribution in [2.45, 2.75) is 6.61 Å². The first-order valence-corrected chi connectivity index (χ1v) is 5.30. The number of rotatable bonds is 3. The van der Waals surface area contributed by atoms with Crippen LogP contribution in [-0.4, -0.2) is 9.97 Å². The highest BCUT2D eigenvalue weighted by Crippen LogP contribution is 2.18. The van der Waals surface area contributed by atoms with Crippen LogP contribution in [-0.2, 0) is 6.61 Å². The summed E-state index contributed by atoms with van der Waals surface area (Å²) in [6.07, 6.45) is 1.92. The first-order valence-electron chi connectivity index (χ1n) is 5.30. The van der Waals surface area contributed by atoms with E-state index in [1.165, 1.54) is 0 Å². The van der Waals surface area contributed by atoms with Crippen LogP contribution in [0.3, 0.4) is 0 Å². The van der Waals surface area contributed by atoms with Gasteiger partial charge in [0.05, 0.1) is 0 Å². The molecule has 0 aliphatic heterocycles. The molecule has 0 saturated carbocycles. The largest absolute Gasteiger partial charge is 0.445 e. The van der Waals surface area contributed by atoms with Gasteiger partial charge in [-0.25, -0.2) is 4.98 Å². The van der Waals surface area contributed by atoms with Crippen molar-refractivity contribution in [3.63, 3.8) is 0 Å². The Hall–Kier alpha value is -2.36. The van der Waals surface area contributed by atoms with Crippen molar-refractivity contribution in [1.82, 2.24) is 9.97 Å². The lowest BCUT2D eigenvalue weighted by Crippen LogP contribution is -1.94. The minimum atomic E-state index is 0.252. The van der Waals surface area contributed by atoms with Crippen molar-refractivity contribution < 1.29 is 9.15 Å². The molecule has 0 spiro atoms. The van der Waals surface area contributed by atoms with Crippen molar-refractivity contribution in [3.8, 4) is 6.08 Å². The molecule has 0 amide bonds. The fourth-order valence-corrected chi connectivity index (χ4v) is 1.53. The van der Waals surface area contributed by atoms with Gasteiger partial charge in [-0.05, 0) is 17.7 Å². The molecule has 0 atom stereocenters. The van der Waals surface area contributed by atoms with E-state index in [9.17, 15) is 0 Å². The Labute approximate surface area is 97.9 Å². The lowest BCUT2D eigenvalue weighted by molar-refractivity contribution is 0.226. The van der Waals surface area contributed by atoms with Crippen LogP contribution in [0.25, 0.3) is 11.2 Å². The molecule has 3 rings (SSSR count). The predicted octanol–water partition coefficient (Wildman–Crippen LogP) is 2.80. The third kappa shape index (κ3) is 2.10. The number of hydrogen-bond donors (Lipinski definition) is 0. The van der Waals surface area contributed by atoms with E-state index in [1.807, 2.05) is 36.4 Å². The van der Waals surface area contributed by atoms with Crippen LogP contribution in [0.1, 0.15) is 5.56 Å². The number of nitrogens with zero attached hydrogens (tertiary/aromatic N) is 2. The van der Waals surface area contributed by atoms with Gasteiger partial charge in [0.25, 0.3) is 0 Å². The second-order valence-electron chi connectivity index (χ2n) is 3.58. The monoisotopic (exact) mass is 226 g/mol. The smallest absolute Gasteiger partial charge is 0.396 e. The summed E-state index contributed by atoms with van der Waals surface area (Å²) in [5.41, 5.74) is 2.27. The standard InChI is InChI=1S/C13H10N2O2/c1-2-5-10(6-3-1)9-16-13-15-12-11(17-13)7-4-8-14-12/h1-8H,9H2. The van der Waals surface area contributed by atoms with Crippen LogP contribution in [0.2, 0.25) is 0 Å². The molecular formula is C13H10N2O2. The summed E-state index contributed by atoms with van der Waals surface area (Å²) in [5, 5.41) is 0. The SMILES string of the molecule is c1ccc(COc2nc3ncccc3o2)cc1. The zero-order valence-corrected chi connectivity index (χ0v) is 9.04. The molecule has 2 heterocycles. The van der Waals surface area contributed by atoms with E-state index in [-0.39, 0.29) is 6.08 Å². The lowest BCUT2D eigenvalue weighted by Gasteiger charge is -2.00. The molecule has 1 aromatic carbocycles. The van der Waals surface area contributed by atoms with E-state index in [0.29, 0.717) is 17.8 Å². The number of benzene rings is 1. The summed E-state index contributed by atoms with van der Waals surface area (Å²) < 4.78 is 10.9. The molecule has 0 radical (unpaired) electrons. The normalized spacial score (nSPS) is 10.6. The predicted molar refractivity (Wildman–Crippen MR) is 62.6 cm³/mol. The number of ether oxygens (including phenoxy) is 1. The molecule has 0 unspecified atom stereocenters. The molecule has 0 bridgehead atoms. The molecule has 84 valence electrons. The maximum absolute atomic E-state index is 5.46. The molecular weight excluding hydrogens is 216 g/mol. The third-order valence-corrected chi connectivity index (χ3v) is 2.35. The first-order chi connectivity index (χ1) is 8.42. The highest BCUT2D eigenvalue weighted by atomic mass is 16.6. The van der Waals surface area contributed by atoms with Crippen molar-refractivity contribution in [3.05, 3.63) is 54.2 Å². The van der Waals surface area contributed by atoms with Gasteiger partial charge in [0.15, 0.2) is 5.58 Å². The molecule has 0 fully saturated rings. The minimum absolute atomic E-state index is 0.252. The van der Waals surface area contributed by atoms with Gasteiger partial charge in [0.2, 0.25) is 5.65 Å². The Morgan fingerprint density at radius 3 is 2.76 bits per heavy atom. The fourth-order valence-electron chi connectivity index (χ4n) is 1.53. The zero-order valence-electron chi connectivity index (χ0n) is 9.04. The summed E-state index contributed by atoms with van der Waals surface area (Å²) in [6.45, 7) is 0.438. The van der Waals surface area contributed by atoms with Crippen molar-refractivity contribution >= 4 is 11.2 Å². The Morgan fingerprint density at radius 1 is 1.06 bits per heavy atom. The molecule has 3 aromatic rings. The van der Waals surface area contributed by atoms with Gasteiger partial charge in [0.1, 0.15) is 6.61 Å². The molecule has 17 heavy (non-hydrogen) atoms. The molecule has 0 aliphatic rings. The maximum atomic E-state index is 5.46. The average molecular weight is 226 g/mol. The zero-order chi connectivity index (χ0) is 11.5. The highest BCUT2D eigenvalue weighted by molar-refractivity contribution is 5.67. The second-order valence-corrected chi connectivity index (χ2v) is 3.58. The summed E-state index contributed by atoms with van der Waals surface area (Å²) in [4.78, 5) is 8.20. The molecule has 2 aromatic heterocycles. The van der Waals surface area contributed by atoms with Crippen LogP contribution in [0, 0.1) is 0 Å². The van der Waals surface area contributed by atoms with Crippen LogP contribution < -0.4 is 4.74 Å². The van der Waals surface area contributed by atoms with Gasteiger partial charge in [-0.3, -0.25) is 0 Å². The van der Waals surface area contributed by atoms with E-state index < -0.39 is 0 Å². The molecule has 0 aliphatic carbocycles. The topological polar surface area (TPSA) is 48.2 Å². The van der Waals surface area contributed by atoms with Gasteiger partial charge < -0.3 is 9.15 Å². The second kappa shape index (κ2) is 4.25. The average Bonchev–Trinajstić information content (AvgIpc) is 2.80. The Kier molecular flexibility index (Phi) is 2.46. The lowest BCUT2D eigenvalue weighted by atomic mass is 10.2. The molecule has 4 heteroatoms. The maximum Gasteiger partial charge on any atom is 0.396 e. The Balaban J connectivity index is 1.77. The first kappa shape index (κ1) is 9.84. The van der Waals surface area contributed by atoms with E-state index in [0.717, 1.165) is 5.56 Å². The van der Waals surface area contributed by atoms with E-state index in [1.54, 1.807) is 12.3 Å². The summed E-state index contributed by atoms with van der Waals surface area (Å²) in [6, 6.07) is 13.5. The molecule has 4 nitrogen and oxygen atoms in total. The number of aromatic nitrogens is 2. The number of pyridine rings is 1.